The van der Waals surface area contributed by atoms with Gasteiger partial charge in [0.05, 0.1) is 10.6 Å². The molecule has 4 nitrogen and oxygen atoms in total. The molecule has 0 aliphatic heterocycles. The molecule has 1 unspecified atom stereocenters. The van der Waals surface area contributed by atoms with Crippen LogP contribution in [-0.4, -0.2) is 30.3 Å². The van der Waals surface area contributed by atoms with Gasteiger partial charge in [-0.05, 0) is 36.8 Å². The number of aliphatic hydroxyl groups excluding tert-OH is 1. The lowest BCUT2D eigenvalue weighted by Gasteiger charge is -2.14. The number of rotatable bonds is 6. The van der Waals surface area contributed by atoms with Crippen molar-refractivity contribution in [2.45, 2.75) is 13.0 Å². The Labute approximate surface area is 134 Å². The minimum absolute atomic E-state index is 0.0931. The number of halogens is 1. The summed E-state index contributed by atoms with van der Waals surface area (Å²) in [5.41, 5.74) is 1.47. The first kappa shape index (κ1) is 16.3. The molecule has 0 bridgehead atoms. The van der Waals surface area contributed by atoms with Crippen LogP contribution in [0.25, 0.3) is 0 Å². The number of ether oxygens (including phenoxy) is 1. The lowest BCUT2D eigenvalue weighted by Crippen LogP contribution is -2.35. The summed E-state index contributed by atoms with van der Waals surface area (Å²) in [7, 11) is 0. The van der Waals surface area contributed by atoms with E-state index < -0.39 is 6.10 Å². The van der Waals surface area contributed by atoms with E-state index in [9.17, 15) is 9.90 Å². The molecule has 5 heteroatoms. The van der Waals surface area contributed by atoms with Crippen molar-refractivity contribution in [3.05, 3.63) is 64.7 Å². The zero-order valence-electron chi connectivity index (χ0n) is 12.3. The molecule has 0 fully saturated rings. The van der Waals surface area contributed by atoms with Gasteiger partial charge in [-0.15, -0.1) is 0 Å². The maximum absolute atomic E-state index is 11.9. The predicted octanol–water partition coefficient (Wildman–Crippen LogP) is 2.82. The van der Waals surface area contributed by atoms with Crippen LogP contribution < -0.4 is 10.1 Å². The Balaban J connectivity index is 1.79. The van der Waals surface area contributed by atoms with E-state index in [1.807, 2.05) is 31.2 Å². The highest BCUT2D eigenvalue weighted by Gasteiger charge is 2.12. The monoisotopic (exact) mass is 319 g/mol. The summed E-state index contributed by atoms with van der Waals surface area (Å²) in [6, 6.07) is 14.3. The summed E-state index contributed by atoms with van der Waals surface area (Å²) in [5.74, 6) is 0.372. The maximum Gasteiger partial charge on any atom is 0.252 e. The van der Waals surface area contributed by atoms with Crippen molar-refractivity contribution in [3.8, 4) is 5.75 Å². The summed E-state index contributed by atoms with van der Waals surface area (Å²) in [4.78, 5) is 11.9. The van der Waals surface area contributed by atoms with Crippen molar-refractivity contribution in [1.29, 1.82) is 0 Å². The summed E-state index contributed by atoms with van der Waals surface area (Å²) in [6.07, 6.45) is -0.799. The standard InChI is InChI=1S/C17H18ClNO3/c1-12-5-4-6-14(9-12)22-11-13(20)10-19-17(21)15-7-2-3-8-16(15)18/h2-9,13,20H,10-11H2,1H3,(H,19,21). The minimum Gasteiger partial charge on any atom is -0.491 e. The van der Waals surface area contributed by atoms with E-state index >= 15 is 0 Å². The van der Waals surface area contributed by atoms with Gasteiger partial charge in [0.15, 0.2) is 0 Å². The largest absolute Gasteiger partial charge is 0.491 e. The zero-order chi connectivity index (χ0) is 15.9. The Bertz CT molecular complexity index is 645. The number of carbonyl (C=O) groups excluding carboxylic acids is 1. The van der Waals surface area contributed by atoms with Crippen molar-refractivity contribution < 1.29 is 14.6 Å². The van der Waals surface area contributed by atoms with Gasteiger partial charge < -0.3 is 15.2 Å². The van der Waals surface area contributed by atoms with Crippen molar-refractivity contribution in [1.82, 2.24) is 5.32 Å². The molecule has 0 spiro atoms. The highest BCUT2D eigenvalue weighted by atomic mass is 35.5. The van der Waals surface area contributed by atoms with E-state index in [-0.39, 0.29) is 19.1 Å². The van der Waals surface area contributed by atoms with E-state index in [4.69, 9.17) is 16.3 Å². The highest BCUT2D eigenvalue weighted by Crippen LogP contribution is 2.14. The number of aryl methyl sites for hydroxylation is 1. The second-order valence-corrected chi connectivity index (χ2v) is 5.38. The lowest BCUT2D eigenvalue weighted by atomic mass is 10.2. The Morgan fingerprint density at radius 2 is 2.05 bits per heavy atom. The average molecular weight is 320 g/mol. The van der Waals surface area contributed by atoms with Crippen LogP contribution in [0.3, 0.4) is 0 Å². The van der Waals surface area contributed by atoms with Gasteiger partial charge in [0.2, 0.25) is 0 Å². The van der Waals surface area contributed by atoms with Crippen LogP contribution in [0.15, 0.2) is 48.5 Å². The van der Waals surface area contributed by atoms with Crippen molar-refractivity contribution in [2.75, 3.05) is 13.2 Å². The topological polar surface area (TPSA) is 58.6 Å². The van der Waals surface area contributed by atoms with Gasteiger partial charge in [0, 0.05) is 6.54 Å². The molecule has 2 aromatic rings. The number of aliphatic hydroxyl groups is 1. The van der Waals surface area contributed by atoms with E-state index in [1.54, 1.807) is 24.3 Å². The molecule has 22 heavy (non-hydrogen) atoms. The molecule has 1 amide bonds. The highest BCUT2D eigenvalue weighted by molar-refractivity contribution is 6.33. The Morgan fingerprint density at radius 3 is 2.77 bits per heavy atom. The molecule has 0 aromatic heterocycles. The Kier molecular flexibility index (Phi) is 5.81. The number of amides is 1. The third-order valence-corrected chi connectivity index (χ3v) is 3.38. The van der Waals surface area contributed by atoms with Gasteiger partial charge in [-0.1, -0.05) is 35.9 Å². The van der Waals surface area contributed by atoms with E-state index in [1.165, 1.54) is 0 Å². The van der Waals surface area contributed by atoms with E-state index in [2.05, 4.69) is 5.32 Å². The van der Waals surface area contributed by atoms with Crippen LogP contribution in [0.4, 0.5) is 0 Å². The summed E-state index contributed by atoms with van der Waals surface area (Å²) >= 11 is 5.94. The van der Waals surface area contributed by atoms with Gasteiger partial charge in [-0.3, -0.25) is 4.79 Å². The number of hydrogen-bond acceptors (Lipinski definition) is 3. The smallest absolute Gasteiger partial charge is 0.252 e. The summed E-state index contributed by atoms with van der Waals surface area (Å²) < 4.78 is 5.48. The van der Waals surface area contributed by atoms with E-state index in [0.29, 0.717) is 16.3 Å². The van der Waals surface area contributed by atoms with E-state index in [0.717, 1.165) is 5.56 Å². The molecule has 2 rings (SSSR count). The first-order chi connectivity index (χ1) is 10.6. The fourth-order valence-corrected chi connectivity index (χ4v) is 2.13. The molecule has 2 N–H and O–H groups in total. The second-order valence-electron chi connectivity index (χ2n) is 4.97. The molecular weight excluding hydrogens is 302 g/mol. The molecule has 116 valence electrons. The maximum atomic E-state index is 11.9. The first-order valence-corrected chi connectivity index (χ1v) is 7.34. The lowest BCUT2D eigenvalue weighted by molar-refractivity contribution is 0.0844. The molecule has 0 saturated carbocycles. The summed E-state index contributed by atoms with van der Waals surface area (Å²) in [6.45, 7) is 2.16. The molecule has 0 aliphatic rings. The first-order valence-electron chi connectivity index (χ1n) is 6.96. The quantitative estimate of drug-likeness (QED) is 0.860. The molecule has 0 heterocycles. The van der Waals surface area contributed by atoms with Crippen LogP contribution in [0.5, 0.6) is 5.75 Å². The van der Waals surface area contributed by atoms with Gasteiger partial charge in [0.1, 0.15) is 18.5 Å². The molecule has 0 saturated heterocycles. The molecular formula is C17H18ClNO3. The molecule has 1 atom stereocenters. The SMILES string of the molecule is Cc1cccc(OCC(O)CNC(=O)c2ccccc2Cl)c1. The zero-order valence-corrected chi connectivity index (χ0v) is 13.0. The van der Waals surface area contributed by atoms with Crippen LogP contribution in [-0.2, 0) is 0 Å². The van der Waals surface area contributed by atoms with Gasteiger partial charge in [0.25, 0.3) is 5.91 Å². The predicted molar refractivity (Wildman–Crippen MR) is 86.5 cm³/mol. The average Bonchev–Trinajstić information content (AvgIpc) is 2.51. The van der Waals surface area contributed by atoms with Crippen molar-refractivity contribution in [3.63, 3.8) is 0 Å². The minimum atomic E-state index is -0.799. The third kappa shape index (κ3) is 4.76. The van der Waals surface area contributed by atoms with Crippen LogP contribution >= 0.6 is 11.6 Å². The fourth-order valence-electron chi connectivity index (χ4n) is 1.91. The molecule has 0 radical (unpaired) electrons. The van der Waals surface area contributed by atoms with Gasteiger partial charge in [-0.2, -0.15) is 0 Å². The number of nitrogens with one attached hydrogen (secondary N) is 1. The Morgan fingerprint density at radius 1 is 1.27 bits per heavy atom. The fraction of sp³-hybridized carbons (Fsp3) is 0.235. The van der Waals surface area contributed by atoms with Crippen LogP contribution in [0.1, 0.15) is 15.9 Å². The number of hydrogen-bond donors (Lipinski definition) is 2. The van der Waals surface area contributed by atoms with Gasteiger partial charge in [-0.25, -0.2) is 0 Å². The number of benzene rings is 2. The molecule has 2 aromatic carbocycles. The van der Waals surface area contributed by atoms with Crippen molar-refractivity contribution in [2.24, 2.45) is 0 Å². The van der Waals surface area contributed by atoms with Crippen molar-refractivity contribution >= 4 is 17.5 Å². The Hall–Kier alpha value is -2.04. The molecule has 0 aliphatic carbocycles. The van der Waals surface area contributed by atoms with Gasteiger partial charge >= 0.3 is 0 Å². The van der Waals surface area contributed by atoms with Crippen LogP contribution in [0.2, 0.25) is 5.02 Å². The second kappa shape index (κ2) is 7.82. The van der Waals surface area contributed by atoms with Crippen LogP contribution in [0, 0.1) is 6.92 Å². The normalized spacial score (nSPS) is 11.8. The number of carbonyl (C=O) groups is 1. The summed E-state index contributed by atoms with van der Waals surface area (Å²) in [5, 5.41) is 12.9. The third-order valence-electron chi connectivity index (χ3n) is 3.05.